The molecule has 6 aromatic rings. The van der Waals surface area contributed by atoms with Crippen LogP contribution >= 0.6 is 0 Å². The fourth-order valence-electron chi connectivity index (χ4n) is 6.17. The molecule has 6 heteroatoms. The van der Waals surface area contributed by atoms with Crippen molar-refractivity contribution in [3.05, 3.63) is 144 Å². The molecule has 2 N–H and O–H groups in total. The van der Waals surface area contributed by atoms with Crippen LogP contribution in [-0.4, -0.2) is 9.97 Å². The molecular weight excluding hydrogens is 544 g/mol. The minimum atomic E-state index is 0.419. The third kappa shape index (κ3) is 5.01. The van der Waals surface area contributed by atoms with E-state index in [1.807, 2.05) is 36.4 Å². The lowest BCUT2D eigenvalue weighted by atomic mass is 9.94. The Balaban J connectivity index is 1.16. The summed E-state index contributed by atoms with van der Waals surface area (Å²) in [5.74, 6) is 2.06. The van der Waals surface area contributed by atoms with E-state index in [1.165, 1.54) is 39.2 Å². The second kappa shape index (κ2) is 11.2. The summed E-state index contributed by atoms with van der Waals surface area (Å²) in [6.07, 6.45) is 5.51. The van der Waals surface area contributed by atoms with Crippen LogP contribution in [0.3, 0.4) is 0 Å². The summed E-state index contributed by atoms with van der Waals surface area (Å²) >= 11 is 0. The zero-order valence-electron chi connectivity index (χ0n) is 24.1. The molecule has 0 aliphatic carbocycles. The van der Waals surface area contributed by atoms with E-state index in [-0.39, 0.29) is 0 Å². The lowest BCUT2D eigenvalue weighted by Gasteiger charge is -2.21. The molecule has 0 radical (unpaired) electrons. The maximum absolute atomic E-state index is 6.43. The summed E-state index contributed by atoms with van der Waals surface area (Å²) in [6, 6.07) is 39.1. The molecule has 0 fully saturated rings. The van der Waals surface area contributed by atoms with Gasteiger partial charge in [-0.05, 0) is 66.1 Å². The zero-order valence-corrected chi connectivity index (χ0v) is 24.1. The van der Waals surface area contributed by atoms with Crippen molar-refractivity contribution < 1.29 is 9.47 Å². The first-order valence-electron chi connectivity index (χ1n) is 15.0. The van der Waals surface area contributed by atoms with E-state index in [9.17, 15) is 0 Å². The van der Waals surface area contributed by atoms with E-state index in [0.717, 1.165) is 42.6 Å². The van der Waals surface area contributed by atoms with E-state index in [2.05, 4.69) is 87.3 Å². The highest BCUT2D eigenvalue weighted by Crippen LogP contribution is 2.45. The number of fused-ring (bicyclic) bond motifs is 4. The minimum absolute atomic E-state index is 0.419. The smallest absolute Gasteiger partial charge is 0.224 e. The summed E-state index contributed by atoms with van der Waals surface area (Å²) in [6.45, 7) is 0. The van der Waals surface area contributed by atoms with Crippen LogP contribution in [0.4, 0.5) is 22.7 Å². The third-order valence-electron chi connectivity index (χ3n) is 8.32. The first-order chi connectivity index (χ1) is 21.8. The van der Waals surface area contributed by atoms with Crippen molar-refractivity contribution >= 4 is 22.7 Å². The number of nitrogens with zero attached hydrogens (tertiary/aromatic N) is 2. The molecule has 6 nitrogen and oxygen atoms in total. The fraction of sp³-hybridized carbons (Fsp3) is 0.105. The highest BCUT2D eigenvalue weighted by Gasteiger charge is 2.23. The van der Waals surface area contributed by atoms with Crippen molar-refractivity contribution in [2.45, 2.75) is 25.7 Å². The second-order valence-corrected chi connectivity index (χ2v) is 11.1. The number of anilines is 4. The van der Waals surface area contributed by atoms with Crippen LogP contribution in [0.5, 0.6) is 23.4 Å². The number of rotatable bonds is 5. The molecule has 44 heavy (non-hydrogen) atoms. The highest BCUT2D eigenvalue weighted by molar-refractivity contribution is 5.93. The molecule has 0 atom stereocenters. The fourth-order valence-corrected chi connectivity index (χ4v) is 6.17. The Morgan fingerprint density at radius 1 is 0.455 bits per heavy atom. The molecule has 4 aromatic carbocycles. The Labute approximate surface area is 256 Å². The molecule has 2 aromatic heterocycles. The summed E-state index contributed by atoms with van der Waals surface area (Å²) in [5, 5.41) is 7.63. The number of ether oxygens (including phenoxy) is 2. The van der Waals surface area contributed by atoms with Gasteiger partial charge in [-0.25, -0.2) is 4.98 Å². The molecule has 0 spiro atoms. The third-order valence-corrected chi connectivity index (χ3v) is 8.32. The zero-order chi connectivity index (χ0) is 29.3. The molecule has 2 aliphatic heterocycles. The van der Waals surface area contributed by atoms with Crippen molar-refractivity contribution in [2.75, 3.05) is 10.6 Å². The predicted molar refractivity (Wildman–Crippen MR) is 175 cm³/mol. The number of nitrogens with one attached hydrogen (secondary N) is 2. The van der Waals surface area contributed by atoms with Gasteiger partial charge >= 0.3 is 0 Å². The molecule has 2 aliphatic rings. The minimum Gasteiger partial charge on any atom is -0.437 e. The van der Waals surface area contributed by atoms with Gasteiger partial charge in [0, 0.05) is 52.6 Å². The van der Waals surface area contributed by atoms with Crippen LogP contribution in [-0.2, 0) is 25.7 Å². The van der Waals surface area contributed by atoms with Gasteiger partial charge in [-0.15, -0.1) is 0 Å². The summed E-state index contributed by atoms with van der Waals surface area (Å²) in [4.78, 5) is 8.84. The van der Waals surface area contributed by atoms with Gasteiger partial charge in [-0.2, -0.15) is 4.98 Å². The maximum Gasteiger partial charge on any atom is 0.224 e. The molecule has 0 saturated heterocycles. The molecule has 8 rings (SSSR count). The van der Waals surface area contributed by atoms with E-state index in [4.69, 9.17) is 9.47 Å². The molecule has 0 amide bonds. The Morgan fingerprint density at radius 3 is 1.77 bits per heavy atom. The van der Waals surface area contributed by atoms with Gasteiger partial charge in [0.25, 0.3) is 0 Å². The Kier molecular flexibility index (Phi) is 6.64. The number of aryl methyl sites for hydroxylation is 4. The number of para-hydroxylation sites is 4. The quantitative estimate of drug-likeness (QED) is 0.214. The lowest BCUT2D eigenvalue weighted by molar-refractivity contribution is 0.417. The normalized spacial score (nSPS) is 13.0. The Bertz CT molecular complexity index is 1990. The van der Waals surface area contributed by atoms with Crippen LogP contribution in [0.2, 0.25) is 0 Å². The van der Waals surface area contributed by atoms with Crippen LogP contribution in [0.15, 0.2) is 121 Å². The number of hydrogen-bond acceptors (Lipinski definition) is 6. The van der Waals surface area contributed by atoms with E-state index in [0.29, 0.717) is 23.4 Å². The van der Waals surface area contributed by atoms with Crippen LogP contribution in [0.1, 0.15) is 22.3 Å². The average Bonchev–Trinajstić information content (AvgIpc) is 3.38. The summed E-state index contributed by atoms with van der Waals surface area (Å²) in [7, 11) is 0. The topological polar surface area (TPSA) is 68.3 Å². The van der Waals surface area contributed by atoms with Crippen molar-refractivity contribution in [1.29, 1.82) is 0 Å². The van der Waals surface area contributed by atoms with Crippen LogP contribution < -0.4 is 20.1 Å². The van der Waals surface area contributed by atoms with E-state index in [1.54, 1.807) is 18.3 Å². The van der Waals surface area contributed by atoms with Gasteiger partial charge < -0.3 is 20.1 Å². The number of hydrogen-bond donors (Lipinski definition) is 2. The van der Waals surface area contributed by atoms with Gasteiger partial charge in [-0.1, -0.05) is 78.9 Å². The molecule has 214 valence electrons. The Hall–Kier alpha value is -5.62. The second-order valence-electron chi connectivity index (χ2n) is 11.1. The van der Waals surface area contributed by atoms with Gasteiger partial charge in [-0.3, -0.25) is 0 Å². The highest BCUT2D eigenvalue weighted by atomic mass is 16.5. The molecule has 0 saturated carbocycles. The lowest BCUT2D eigenvalue weighted by Crippen LogP contribution is -2.02. The standard InChI is InChI=1S/C38H30N4O2/c1-2-15-31-25(9-1)20-21-26-10-5-13-29(36(26)40-31)30-14-6-11-27-22-23-28-12-7-16-32(38(28)42-37(27)30)43-34-18-8-19-35(41-34)44-33-17-3-4-24-39-33/h1-19,24,40,42H,20-23H2. The molecule has 0 unspecified atom stereocenters. The predicted octanol–water partition coefficient (Wildman–Crippen LogP) is 9.41. The number of pyridine rings is 2. The van der Waals surface area contributed by atoms with Gasteiger partial charge in [0.05, 0.1) is 5.69 Å². The largest absolute Gasteiger partial charge is 0.437 e. The van der Waals surface area contributed by atoms with Gasteiger partial charge in [0.1, 0.15) is 0 Å². The van der Waals surface area contributed by atoms with Gasteiger partial charge in [0.15, 0.2) is 5.75 Å². The molecule has 4 heterocycles. The number of aromatic nitrogens is 2. The monoisotopic (exact) mass is 574 g/mol. The van der Waals surface area contributed by atoms with Crippen LogP contribution in [0.25, 0.3) is 11.1 Å². The van der Waals surface area contributed by atoms with Crippen molar-refractivity contribution in [3.63, 3.8) is 0 Å². The van der Waals surface area contributed by atoms with E-state index < -0.39 is 0 Å². The summed E-state index contributed by atoms with van der Waals surface area (Å²) < 4.78 is 12.3. The first-order valence-corrected chi connectivity index (χ1v) is 15.0. The number of benzene rings is 4. The molecular formula is C38H30N4O2. The first kappa shape index (κ1) is 26.0. The summed E-state index contributed by atoms with van der Waals surface area (Å²) in [5.41, 5.74) is 11.9. The van der Waals surface area contributed by atoms with Gasteiger partial charge in [0.2, 0.25) is 17.6 Å². The maximum atomic E-state index is 6.43. The van der Waals surface area contributed by atoms with Crippen molar-refractivity contribution in [3.8, 4) is 34.5 Å². The van der Waals surface area contributed by atoms with Crippen molar-refractivity contribution in [2.24, 2.45) is 0 Å². The average molecular weight is 575 g/mol. The van der Waals surface area contributed by atoms with Crippen molar-refractivity contribution in [1.82, 2.24) is 9.97 Å². The Morgan fingerprint density at radius 2 is 1.02 bits per heavy atom. The van der Waals surface area contributed by atoms with Crippen LogP contribution in [0, 0.1) is 0 Å². The SMILES string of the molecule is c1ccc(Oc2cccc(Oc3cccc4c3Nc3c(cccc3-c3cccc5c3Nc3ccccc3CC5)CC4)n2)nc1. The van der Waals surface area contributed by atoms with E-state index >= 15 is 0 Å². The molecule has 0 bridgehead atoms.